The molecule has 0 spiro atoms. The smallest absolute Gasteiger partial charge is 0.0609 e. The minimum absolute atomic E-state index is 0.286. The van der Waals surface area contributed by atoms with Crippen molar-refractivity contribution >= 4 is 11.4 Å². The zero-order valence-electron chi connectivity index (χ0n) is 12.2. The molecule has 0 saturated heterocycles. The molecule has 0 atom stereocenters. The predicted molar refractivity (Wildman–Crippen MR) is 80.6 cm³/mol. The Balaban J connectivity index is 2.47. The van der Waals surface area contributed by atoms with Gasteiger partial charge in [0, 0.05) is 13.1 Å². The highest BCUT2D eigenvalue weighted by Gasteiger charge is 2.36. The summed E-state index contributed by atoms with van der Waals surface area (Å²) in [6, 6.07) is 6.85. The van der Waals surface area contributed by atoms with Crippen molar-refractivity contribution in [2.75, 3.05) is 23.3 Å². The highest BCUT2D eigenvalue weighted by Crippen LogP contribution is 2.39. The van der Waals surface area contributed by atoms with Crippen LogP contribution in [0.5, 0.6) is 0 Å². The van der Waals surface area contributed by atoms with Crippen molar-refractivity contribution in [2.24, 2.45) is 0 Å². The lowest BCUT2D eigenvalue weighted by molar-refractivity contribution is 0.374. The van der Waals surface area contributed by atoms with Crippen LogP contribution in [0, 0.1) is 0 Å². The summed E-state index contributed by atoms with van der Waals surface area (Å²) < 4.78 is 0. The van der Waals surface area contributed by atoms with Gasteiger partial charge >= 0.3 is 0 Å². The van der Waals surface area contributed by atoms with Crippen molar-refractivity contribution in [1.29, 1.82) is 0 Å². The van der Waals surface area contributed by atoms with E-state index in [0.717, 1.165) is 19.5 Å². The molecule has 0 unspecified atom stereocenters. The molecule has 1 aliphatic rings. The molecule has 0 fully saturated rings. The lowest BCUT2D eigenvalue weighted by Gasteiger charge is -2.49. The molecule has 0 saturated carbocycles. The number of nitrogens with zero attached hydrogens (tertiary/aromatic N) is 1. The van der Waals surface area contributed by atoms with Gasteiger partial charge in [0.2, 0.25) is 0 Å². The molecule has 0 aliphatic carbocycles. The third kappa shape index (κ3) is 1.98. The summed E-state index contributed by atoms with van der Waals surface area (Å²) in [4.78, 5) is 2.61. The molecule has 0 amide bonds. The maximum absolute atomic E-state index is 3.63. The molecule has 0 bridgehead atoms. The summed E-state index contributed by atoms with van der Waals surface area (Å²) in [5.41, 5.74) is 4.41. The zero-order chi connectivity index (χ0) is 13.2. The monoisotopic (exact) mass is 246 g/mol. The predicted octanol–water partition coefficient (Wildman–Crippen LogP) is 4.06. The number of anilines is 2. The van der Waals surface area contributed by atoms with Gasteiger partial charge in [-0.25, -0.2) is 0 Å². The molecule has 1 N–H and O–H groups in total. The number of hydrogen-bond donors (Lipinski definition) is 1. The Labute approximate surface area is 111 Å². The first-order valence-corrected chi connectivity index (χ1v) is 7.35. The van der Waals surface area contributed by atoms with Crippen molar-refractivity contribution in [3.8, 4) is 0 Å². The number of benzene rings is 1. The van der Waals surface area contributed by atoms with Crippen LogP contribution in [0.2, 0.25) is 0 Å². The molecule has 1 heterocycles. The van der Waals surface area contributed by atoms with Crippen molar-refractivity contribution in [3.05, 3.63) is 23.8 Å². The average Bonchev–Trinajstić information content (AvgIpc) is 2.45. The molecule has 2 nitrogen and oxygen atoms in total. The lowest BCUT2D eigenvalue weighted by Crippen LogP contribution is -2.55. The van der Waals surface area contributed by atoms with Crippen LogP contribution in [-0.2, 0) is 6.42 Å². The SMILES string of the molecule is CCc1ccc2c(c1)N(CC)C(CC)(CC)CN2. The Morgan fingerprint density at radius 3 is 2.44 bits per heavy atom. The van der Waals surface area contributed by atoms with E-state index in [9.17, 15) is 0 Å². The van der Waals surface area contributed by atoms with Gasteiger partial charge in [0.05, 0.1) is 16.9 Å². The Bertz CT molecular complexity index is 408. The van der Waals surface area contributed by atoms with Crippen molar-refractivity contribution < 1.29 is 0 Å². The van der Waals surface area contributed by atoms with Crippen LogP contribution in [0.1, 0.15) is 46.1 Å². The quantitative estimate of drug-likeness (QED) is 0.862. The molecule has 2 rings (SSSR count). The minimum atomic E-state index is 0.286. The van der Waals surface area contributed by atoms with Gasteiger partial charge in [-0.1, -0.05) is 26.8 Å². The molecule has 1 aromatic carbocycles. The fourth-order valence-electron chi connectivity index (χ4n) is 3.17. The first kappa shape index (κ1) is 13.3. The molecule has 0 aromatic heterocycles. The van der Waals surface area contributed by atoms with Crippen LogP contribution >= 0.6 is 0 Å². The van der Waals surface area contributed by atoms with E-state index in [0.29, 0.717) is 0 Å². The maximum Gasteiger partial charge on any atom is 0.0609 e. The number of rotatable bonds is 4. The number of fused-ring (bicyclic) bond motifs is 1. The van der Waals surface area contributed by atoms with E-state index in [-0.39, 0.29) is 5.54 Å². The fourth-order valence-corrected chi connectivity index (χ4v) is 3.17. The fraction of sp³-hybridized carbons (Fsp3) is 0.625. The largest absolute Gasteiger partial charge is 0.381 e. The lowest BCUT2D eigenvalue weighted by atomic mass is 9.87. The maximum atomic E-state index is 3.63. The van der Waals surface area contributed by atoms with Gasteiger partial charge in [-0.2, -0.15) is 0 Å². The Hall–Kier alpha value is -1.18. The molecular formula is C16H26N2. The van der Waals surface area contributed by atoms with Crippen LogP contribution in [0.25, 0.3) is 0 Å². The standard InChI is InChI=1S/C16H26N2/c1-5-13-9-10-14-15(11-13)18(8-4)16(6-2,7-3)12-17-14/h9-11,17H,5-8,12H2,1-4H3. The second-order valence-corrected chi connectivity index (χ2v) is 5.23. The van der Waals surface area contributed by atoms with Gasteiger partial charge in [-0.05, 0) is 43.9 Å². The van der Waals surface area contributed by atoms with Crippen LogP contribution < -0.4 is 10.2 Å². The first-order valence-electron chi connectivity index (χ1n) is 7.35. The Kier molecular flexibility index (Phi) is 3.84. The molecule has 1 aliphatic heterocycles. The number of likely N-dealkylation sites (N-methyl/N-ethyl adjacent to an activating group) is 1. The van der Waals surface area contributed by atoms with Crippen LogP contribution in [0.15, 0.2) is 18.2 Å². The van der Waals surface area contributed by atoms with Crippen molar-refractivity contribution in [1.82, 2.24) is 0 Å². The second-order valence-electron chi connectivity index (χ2n) is 5.23. The normalized spacial score (nSPS) is 17.2. The van der Waals surface area contributed by atoms with E-state index >= 15 is 0 Å². The van der Waals surface area contributed by atoms with Gasteiger partial charge in [-0.15, -0.1) is 0 Å². The van der Waals surface area contributed by atoms with Crippen LogP contribution in [0.4, 0.5) is 11.4 Å². The van der Waals surface area contributed by atoms with Gasteiger partial charge in [-0.3, -0.25) is 0 Å². The van der Waals surface area contributed by atoms with Gasteiger partial charge in [0.1, 0.15) is 0 Å². The van der Waals surface area contributed by atoms with E-state index in [1.165, 1.54) is 29.8 Å². The van der Waals surface area contributed by atoms with E-state index in [1.54, 1.807) is 0 Å². The summed E-state index contributed by atoms with van der Waals surface area (Å²) in [5, 5.41) is 3.63. The summed E-state index contributed by atoms with van der Waals surface area (Å²) in [6.45, 7) is 11.3. The second kappa shape index (κ2) is 5.21. The highest BCUT2D eigenvalue weighted by molar-refractivity contribution is 5.74. The van der Waals surface area contributed by atoms with Crippen molar-refractivity contribution in [3.63, 3.8) is 0 Å². The van der Waals surface area contributed by atoms with E-state index in [1.807, 2.05) is 0 Å². The highest BCUT2D eigenvalue weighted by atomic mass is 15.3. The minimum Gasteiger partial charge on any atom is -0.381 e. The molecule has 100 valence electrons. The van der Waals surface area contributed by atoms with Gasteiger partial charge < -0.3 is 10.2 Å². The Morgan fingerprint density at radius 2 is 1.89 bits per heavy atom. The van der Waals surface area contributed by atoms with Crippen LogP contribution in [0.3, 0.4) is 0 Å². The van der Waals surface area contributed by atoms with E-state index in [2.05, 4.69) is 56.1 Å². The van der Waals surface area contributed by atoms with Crippen LogP contribution in [-0.4, -0.2) is 18.6 Å². The average molecular weight is 246 g/mol. The van der Waals surface area contributed by atoms with E-state index in [4.69, 9.17) is 0 Å². The topological polar surface area (TPSA) is 15.3 Å². The third-order valence-electron chi connectivity index (χ3n) is 4.57. The summed E-state index contributed by atoms with van der Waals surface area (Å²) in [5.74, 6) is 0. The Morgan fingerprint density at radius 1 is 1.17 bits per heavy atom. The summed E-state index contributed by atoms with van der Waals surface area (Å²) >= 11 is 0. The zero-order valence-corrected chi connectivity index (χ0v) is 12.2. The number of aryl methyl sites for hydroxylation is 1. The summed E-state index contributed by atoms with van der Waals surface area (Å²) in [7, 11) is 0. The van der Waals surface area contributed by atoms with Gasteiger partial charge in [0.15, 0.2) is 0 Å². The number of nitrogens with one attached hydrogen (secondary N) is 1. The molecule has 1 aromatic rings. The first-order chi connectivity index (χ1) is 8.70. The van der Waals surface area contributed by atoms with E-state index < -0.39 is 0 Å². The van der Waals surface area contributed by atoms with Crippen molar-refractivity contribution in [2.45, 2.75) is 52.5 Å². The molecule has 0 radical (unpaired) electrons. The third-order valence-corrected chi connectivity index (χ3v) is 4.57. The molecular weight excluding hydrogens is 220 g/mol. The summed E-state index contributed by atoms with van der Waals surface area (Å²) in [6.07, 6.45) is 3.50. The molecule has 18 heavy (non-hydrogen) atoms. The number of hydrogen-bond acceptors (Lipinski definition) is 2. The van der Waals surface area contributed by atoms with Gasteiger partial charge in [0.25, 0.3) is 0 Å². The molecule has 2 heteroatoms.